The van der Waals surface area contributed by atoms with Crippen molar-refractivity contribution in [3.8, 4) is 0 Å². The minimum Gasteiger partial charge on any atom is -0.381 e. The first kappa shape index (κ1) is 13.6. The molecule has 1 nitrogen and oxygen atoms in total. The zero-order valence-corrected chi connectivity index (χ0v) is 12.8. The van der Waals surface area contributed by atoms with Crippen LogP contribution in [0.25, 0.3) is 0 Å². The van der Waals surface area contributed by atoms with Gasteiger partial charge in [0, 0.05) is 12.2 Å². The van der Waals surface area contributed by atoms with E-state index in [2.05, 4.69) is 39.4 Å². The second kappa shape index (κ2) is 5.96. The summed E-state index contributed by atoms with van der Waals surface area (Å²) in [5.74, 6) is -0.209. The van der Waals surface area contributed by atoms with Crippen LogP contribution in [0.4, 0.5) is 10.1 Å². The Hall–Kier alpha value is -1.35. The normalized spacial score (nSPS) is 13.9. The maximum absolute atomic E-state index is 13.5. The zero-order valence-electron chi connectivity index (χ0n) is 11.3. The third kappa shape index (κ3) is 2.73. The van der Waals surface area contributed by atoms with Gasteiger partial charge in [-0.15, -0.1) is 0 Å². The summed E-state index contributed by atoms with van der Waals surface area (Å²) in [6.07, 6.45) is 4.86. The number of hydrogen-bond donors (Lipinski definition) is 1. The lowest BCUT2D eigenvalue weighted by Crippen LogP contribution is -2.09. The first-order valence-corrected chi connectivity index (χ1v) is 7.82. The molecule has 0 saturated carbocycles. The molecule has 20 heavy (non-hydrogen) atoms. The lowest BCUT2D eigenvalue weighted by atomic mass is 9.90. The highest BCUT2D eigenvalue weighted by molar-refractivity contribution is 9.10. The Morgan fingerprint density at radius 3 is 2.75 bits per heavy atom. The van der Waals surface area contributed by atoms with Crippen molar-refractivity contribution in [1.82, 2.24) is 0 Å². The predicted molar refractivity (Wildman–Crippen MR) is 84.5 cm³/mol. The molecule has 1 aliphatic rings. The van der Waals surface area contributed by atoms with Crippen molar-refractivity contribution in [2.45, 2.75) is 32.2 Å². The quantitative estimate of drug-likeness (QED) is 0.825. The first-order valence-electron chi connectivity index (χ1n) is 7.03. The van der Waals surface area contributed by atoms with Crippen LogP contribution in [0.15, 0.2) is 40.9 Å². The van der Waals surface area contributed by atoms with Crippen LogP contribution in [0.3, 0.4) is 0 Å². The van der Waals surface area contributed by atoms with Crippen LogP contribution in [-0.2, 0) is 19.4 Å². The van der Waals surface area contributed by atoms with Gasteiger partial charge in [0.1, 0.15) is 5.82 Å². The van der Waals surface area contributed by atoms with Gasteiger partial charge in [-0.3, -0.25) is 0 Å². The van der Waals surface area contributed by atoms with Crippen LogP contribution in [-0.4, -0.2) is 0 Å². The Kier molecular flexibility index (Phi) is 4.06. The van der Waals surface area contributed by atoms with Crippen molar-refractivity contribution in [1.29, 1.82) is 0 Å². The molecule has 0 amide bonds. The molecule has 0 aromatic heterocycles. The first-order chi connectivity index (χ1) is 9.75. The van der Waals surface area contributed by atoms with Crippen LogP contribution in [0.2, 0.25) is 0 Å². The van der Waals surface area contributed by atoms with Gasteiger partial charge >= 0.3 is 0 Å². The van der Waals surface area contributed by atoms with Crippen LogP contribution in [0, 0.1) is 5.82 Å². The summed E-state index contributed by atoms with van der Waals surface area (Å²) in [6, 6.07) is 11.6. The van der Waals surface area contributed by atoms with E-state index in [1.54, 1.807) is 6.07 Å². The molecular weight excluding hydrogens is 317 g/mol. The molecule has 0 atom stereocenters. The van der Waals surface area contributed by atoms with Gasteiger partial charge in [0.15, 0.2) is 0 Å². The van der Waals surface area contributed by atoms with E-state index in [9.17, 15) is 4.39 Å². The minimum atomic E-state index is -0.209. The van der Waals surface area contributed by atoms with Crippen LogP contribution in [0.5, 0.6) is 0 Å². The largest absolute Gasteiger partial charge is 0.381 e. The van der Waals surface area contributed by atoms with Crippen molar-refractivity contribution in [2.75, 3.05) is 5.32 Å². The Balaban J connectivity index is 1.80. The Labute approximate surface area is 127 Å². The monoisotopic (exact) mass is 333 g/mol. The maximum Gasteiger partial charge on any atom is 0.137 e. The topological polar surface area (TPSA) is 12.0 Å². The smallest absolute Gasteiger partial charge is 0.137 e. The van der Waals surface area contributed by atoms with E-state index in [0.29, 0.717) is 11.0 Å². The van der Waals surface area contributed by atoms with Crippen molar-refractivity contribution in [2.24, 2.45) is 0 Å². The SMILES string of the molecule is Fc1cccc(CNc2cccc3c2CCCC3)c1Br. The van der Waals surface area contributed by atoms with Gasteiger partial charge in [0.2, 0.25) is 0 Å². The molecule has 0 saturated heterocycles. The second-order valence-electron chi connectivity index (χ2n) is 5.22. The molecule has 3 heteroatoms. The lowest BCUT2D eigenvalue weighted by molar-refractivity contribution is 0.618. The van der Waals surface area contributed by atoms with E-state index < -0.39 is 0 Å². The molecule has 0 bridgehead atoms. The molecule has 2 aromatic carbocycles. The van der Waals surface area contributed by atoms with Gasteiger partial charge in [0.05, 0.1) is 4.47 Å². The summed E-state index contributed by atoms with van der Waals surface area (Å²) in [5.41, 5.74) is 5.03. The summed E-state index contributed by atoms with van der Waals surface area (Å²) in [5, 5.41) is 3.46. The van der Waals surface area contributed by atoms with Gasteiger partial charge in [-0.25, -0.2) is 4.39 Å². The number of anilines is 1. The van der Waals surface area contributed by atoms with E-state index in [1.807, 2.05) is 6.07 Å². The molecule has 1 N–H and O–H groups in total. The van der Waals surface area contributed by atoms with Crippen molar-refractivity contribution in [3.05, 3.63) is 63.4 Å². The fourth-order valence-electron chi connectivity index (χ4n) is 2.82. The van der Waals surface area contributed by atoms with Gasteiger partial charge in [-0.05, 0) is 70.4 Å². The summed E-state index contributed by atoms with van der Waals surface area (Å²) < 4.78 is 14.1. The highest BCUT2D eigenvalue weighted by atomic mass is 79.9. The predicted octanol–water partition coefficient (Wildman–Crippen LogP) is 5.08. The van der Waals surface area contributed by atoms with Crippen LogP contribution < -0.4 is 5.32 Å². The molecule has 0 radical (unpaired) electrons. The Morgan fingerprint density at radius 1 is 1.05 bits per heavy atom. The molecule has 104 valence electrons. The van der Waals surface area contributed by atoms with E-state index in [0.717, 1.165) is 12.0 Å². The Bertz CT molecular complexity index is 624. The molecule has 1 aliphatic carbocycles. The van der Waals surface area contributed by atoms with Crippen LogP contribution >= 0.6 is 15.9 Å². The number of halogens is 2. The molecule has 0 aliphatic heterocycles. The van der Waals surface area contributed by atoms with Gasteiger partial charge in [-0.2, -0.15) is 0 Å². The number of fused-ring (bicyclic) bond motifs is 1. The fourth-order valence-corrected chi connectivity index (χ4v) is 3.23. The number of nitrogens with one attached hydrogen (secondary N) is 1. The van der Waals surface area contributed by atoms with Crippen molar-refractivity contribution in [3.63, 3.8) is 0 Å². The molecule has 0 spiro atoms. The molecule has 0 unspecified atom stereocenters. The van der Waals surface area contributed by atoms with E-state index in [4.69, 9.17) is 0 Å². The van der Waals surface area contributed by atoms with Crippen LogP contribution in [0.1, 0.15) is 29.5 Å². The minimum absolute atomic E-state index is 0.209. The molecule has 0 heterocycles. The lowest BCUT2D eigenvalue weighted by Gasteiger charge is -2.20. The molecular formula is C17H17BrFN. The van der Waals surface area contributed by atoms with Gasteiger partial charge in [0.25, 0.3) is 0 Å². The number of rotatable bonds is 3. The fraction of sp³-hybridized carbons (Fsp3) is 0.294. The van der Waals surface area contributed by atoms with E-state index in [1.165, 1.54) is 42.1 Å². The summed E-state index contributed by atoms with van der Waals surface area (Å²) in [6.45, 7) is 0.634. The summed E-state index contributed by atoms with van der Waals surface area (Å²) in [7, 11) is 0. The standard InChI is InChI=1S/C17H17BrFN/c18-17-13(7-3-9-15(17)19)11-20-16-10-4-6-12-5-1-2-8-14(12)16/h3-4,6-7,9-10,20H,1-2,5,8,11H2. The summed E-state index contributed by atoms with van der Waals surface area (Å²) in [4.78, 5) is 0. The highest BCUT2D eigenvalue weighted by Gasteiger charge is 2.13. The van der Waals surface area contributed by atoms with Gasteiger partial charge < -0.3 is 5.32 Å². The second-order valence-corrected chi connectivity index (χ2v) is 6.01. The number of hydrogen-bond acceptors (Lipinski definition) is 1. The average Bonchev–Trinajstić information content (AvgIpc) is 2.49. The molecule has 3 rings (SSSR count). The van der Waals surface area contributed by atoms with Crippen molar-refractivity contribution < 1.29 is 4.39 Å². The van der Waals surface area contributed by atoms with E-state index in [-0.39, 0.29) is 5.82 Å². The zero-order chi connectivity index (χ0) is 13.9. The average molecular weight is 334 g/mol. The van der Waals surface area contributed by atoms with E-state index >= 15 is 0 Å². The highest BCUT2D eigenvalue weighted by Crippen LogP contribution is 2.29. The maximum atomic E-state index is 13.5. The third-order valence-corrected chi connectivity index (χ3v) is 4.78. The molecule has 2 aromatic rings. The van der Waals surface area contributed by atoms with Gasteiger partial charge in [-0.1, -0.05) is 24.3 Å². The summed E-state index contributed by atoms with van der Waals surface area (Å²) >= 11 is 3.31. The molecule has 0 fully saturated rings. The third-order valence-electron chi connectivity index (χ3n) is 3.90. The Morgan fingerprint density at radius 2 is 1.85 bits per heavy atom. The van der Waals surface area contributed by atoms with Crippen molar-refractivity contribution >= 4 is 21.6 Å². The number of benzene rings is 2. The number of aryl methyl sites for hydroxylation is 1.